The van der Waals surface area contributed by atoms with Gasteiger partial charge in [-0.15, -0.1) is 0 Å². The van der Waals surface area contributed by atoms with E-state index in [9.17, 15) is 9.90 Å². The Hall–Kier alpha value is -3.96. The monoisotopic (exact) mass is 516 g/mol. The standard InChI is InChI=1S/C27H32N8O3/c1-26(2,37)27(3)13-18-11-21(32-25(36)20-15-31-35-6-4-5-29-24(20)35)22(12-23(18)38-27)34-9-7-33(8-10-34)16-19-14-28-17-30-19/h4-6,11-12,14-15,17,37H,7-10,13,16H2,1-3H3,(H,28,30)(H,32,36)/t27-/m0/s1. The number of rotatable bonds is 6. The molecule has 3 aromatic heterocycles. The molecule has 198 valence electrons. The van der Waals surface area contributed by atoms with Crippen LogP contribution in [0.1, 0.15) is 42.4 Å². The Morgan fingerprint density at radius 2 is 2.05 bits per heavy atom. The van der Waals surface area contributed by atoms with Gasteiger partial charge in [-0.3, -0.25) is 9.69 Å². The molecule has 2 aliphatic heterocycles. The Kier molecular flexibility index (Phi) is 5.84. The maximum atomic E-state index is 13.4. The molecule has 1 fully saturated rings. The zero-order valence-electron chi connectivity index (χ0n) is 21.8. The SMILES string of the molecule is CC(C)(O)[C@]1(C)Cc2cc(NC(=O)c3cnn4cccnc34)c(N3CCN(Cc4c[nH]cn4)CC3)cc2O1. The highest BCUT2D eigenvalue weighted by atomic mass is 16.5. The second-order valence-corrected chi connectivity index (χ2v) is 10.8. The van der Waals surface area contributed by atoms with E-state index in [4.69, 9.17) is 4.74 Å². The Balaban J connectivity index is 1.29. The third-order valence-electron chi connectivity index (χ3n) is 7.76. The maximum absolute atomic E-state index is 13.4. The van der Waals surface area contributed by atoms with Crippen LogP contribution in [-0.2, 0) is 13.0 Å². The summed E-state index contributed by atoms with van der Waals surface area (Å²) in [5, 5.41) is 18.2. The van der Waals surface area contributed by atoms with Crippen molar-refractivity contribution >= 4 is 22.9 Å². The smallest absolute Gasteiger partial charge is 0.261 e. The average molecular weight is 517 g/mol. The van der Waals surface area contributed by atoms with E-state index in [-0.39, 0.29) is 5.91 Å². The van der Waals surface area contributed by atoms with E-state index < -0.39 is 11.2 Å². The number of hydrogen-bond donors (Lipinski definition) is 3. The van der Waals surface area contributed by atoms with Crippen LogP contribution in [0.2, 0.25) is 0 Å². The summed E-state index contributed by atoms with van der Waals surface area (Å²) in [6.07, 6.45) is 9.10. The minimum Gasteiger partial charge on any atom is -0.484 e. The lowest BCUT2D eigenvalue weighted by Crippen LogP contribution is -2.51. The van der Waals surface area contributed by atoms with Crippen LogP contribution in [0.4, 0.5) is 11.4 Å². The lowest BCUT2D eigenvalue weighted by atomic mass is 9.84. The van der Waals surface area contributed by atoms with Gasteiger partial charge in [-0.1, -0.05) is 0 Å². The zero-order valence-corrected chi connectivity index (χ0v) is 21.8. The highest BCUT2D eigenvalue weighted by Crippen LogP contribution is 2.45. The van der Waals surface area contributed by atoms with Crippen molar-refractivity contribution in [3.8, 4) is 5.75 Å². The molecule has 3 N–H and O–H groups in total. The first kappa shape index (κ1) is 24.4. The number of benzene rings is 1. The molecule has 0 spiro atoms. The summed E-state index contributed by atoms with van der Waals surface area (Å²) in [5.41, 5.74) is 2.64. The Morgan fingerprint density at radius 1 is 1.24 bits per heavy atom. The molecule has 1 saturated heterocycles. The van der Waals surface area contributed by atoms with Crippen molar-refractivity contribution in [1.29, 1.82) is 0 Å². The number of nitrogens with one attached hydrogen (secondary N) is 2. The summed E-state index contributed by atoms with van der Waals surface area (Å²) in [6.45, 7) is 9.52. The lowest BCUT2D eigenvalue weighted by molar-refractivity contribution is -0.0900. The van der Waals surface area contributed by atoms with Crippen molar-refractivity contribution < 1.29 is 14.6 Å². The fourth-order valence-corrected chi connectivity index (χ4v) is 5.12. The number of ether oxygens (including phenoxy) is 1. The first-order valence-electron chi connectivity index (χ1n) is 12.8. The molecule has 1 aromatic carbocycles. The van der Waals surface area contributed by atoms with Crippen molar-refractivity contribution in [1.82, 2.24) is 29.5 Å². The molecule has 0 saturated carbocycles. The first-order valence-corrected chi connectivity index (χ1v) is 12.8. The molecule has 1 atom stereocenters. The first-order chi connectivity index (χ1) is 18.2. The van der Waals surface area contributed by atoms with Gasteiger partial charge in [0.05, 0.1) is 35.2 Å². The highest BCUT2D eigenvalue weighted by Gasteiger charge is 2.47. The van der Waals surface area contributed by atoms with Crippen molar-refractivity contribution in [2.75, 3.05) is 36.4 Å². The van der Waals surface area contributed by atoms with Gasteiger partial charge in [-0.2, -0.15) is 5.10 Å². The molecule has 11 nitrogen and oxygen atoms in total. The summed E-state index contributed by atoms with van der Waals surface area (Å²) in [4.78, 5) is 29.8. The second-order valence-electron chi connectivity index (χ2n) is 10.8. The summed E-state index contributed by atoms with van der Waals surface area (Å²) >= 11 is 0. The number of piperazine rings is 1. The zero-order chi connectivity index (χ0) is 26.5. The van der Waals surface area contributed by atoms with Crippen LogP contribution >= 0.6 is 0 Å². The number of fused-ring (bicyclic) bond motifs is 2. The van der Waals surface area contributed by atoms with E-state index in [0.717, 1.165) is 55.4 Å². The minimum absolute atomic E-state index is 0.277. The summed E-state index contributed by atoms with van der Waals surface area (Å²) in [6, 6.07) is 5.75. The van der Waals surface area contributed by atoms with Crippen LogP contribution in [0.25, 0.3) is 5.65 Å². The molecule has 11 heteroatoms. The van der Waals surface area contributed by atoms with E-state index >= 15 is 0 Å². The van der Waals surface area contributed by atoms with Crippen molar-refractivity contribution in [2.24, 2.45) is 0 Å². The summed E-state index contributed by atoms with van der Waals surface area (Å²) < 4.78 is 7.92. The van der Waals surface area contributed by atoms with Gasteiger partial charge in [-0.25, -0.2) is 14.5 Å². The van der Waals surface area contributed by atoms with E-state index in [0.29, 0.717) is 23.3 Å². The topological polar surface area (TPSA) is 124 Å². The number of carbonyl (C=O) groups excluding carboxylic acids is 1. The molecule has 4 aromatic rings. The van der Waals surface area contributed by atoms with E-state index in [2.05, 4.69) is 35.2 Å². The number of aliphatic hydroxyl groups is 1. The van der Waals surface area contributed by atoms with Crippen LogP contribution in [-0.4, -0.2) is 77.9 Å². The van der Waals surface area contributed by atoms with Gasteiger partial charge >= 0.3 is 0 Å². The molecule has 6 rings (SSSR count). The van der Waals surface area contributed by atoms with Gasteiger partial charge in [-0.05, 0) is 32.9 Å². The summed E-state index contributed by atoms with van der Waals surface area (Å²) in [7, 11) is 0. The number of nitrogens with zero attached hydrogens (tertiary/aromatic N) is 6. The molecule has 1 amide bonds. The largest absolute Gasteiger partial charge is 0.484 e. The molecule has 0 bridgehead atoms. The van der Waals surface area contributed by atoms with Crippen LogP contribution in [0.15, 0.2) is 49.3 Å². The normalized spacial score (nSPS) is 19.9. The van der Waals surface area contributed by atoms with Crippen LogP contribution in [0.5, 0.6) is 5.75 Å². The predicted molar refractivity (Wildman–Crippen MR) is 142 cm³/mol. The second kappa shape index (κ2) is 9.10. The average Bonchev–Trinajstić information content (AvgIpc) is 3.62. The van der Waals surface area contributed by atoms with Crippen molar-refractivity contribution in [3.63, 3.8) is 0 Å². The van der Waals surface area contributed by atoms with Gasteiger partial charge in [0, 0.05) is 69.4 Å². The fourth-order valence-electron chi connectivity index (χ4n) is 5.12. The Bertz CT molecular complexity index is 1470. The molecule has 38 heavy (non-hydrogen) atoms. The molecule has 0 unspecified atom stereocenters. The van der Waals surface area contributed by atoms with Crippen molar-refractivity contribution in [3.05, 3.63) is 66.1 Å². The summed E-state index contributed by atoms with van der Waals surface area (Å²) in [5.74, 6) is 0.459. The van der Waals surface area contributed by atoms with Gasteiger partial charge in [0.15, 0.2) is 5.65 Å². The molecular weight excluding hydrogens is 484 g/mol. The molecule has 0 radical (unpaired) electrons. The number of aromatic amines is 1. The molecule has 2 aliphatic rings. The number of carbonyl (C=O) groups is 1. The van der Waals surface area contributed by atoms with Crippen LogP contribution in [0, 0.1) is 0 Å². The molecule has 0 aliphatic carbocycles. The van der Waals surface area contributed by atoms with Crippen LogP contribution in [0.3, 0.4) is 0 Å². The van der Waals surface area contributed by atoms with Gasteiger partial charge in [0.1, 0.15) is 16.9 Å². The number of aromatic nitrogens is 5. The van der Waals surface area contributed by atoms with Crippen LogP contribution < -0.4 is 15.0 Å². The quantitative estimate of drug-likeness (QED) is 0.357. The van der Waals surface area contributed by atoms with Gasteiger partial charge in [0.2, 0.25) is 0 Å². The third-order valence-corrected chi connectivity index (χ3v) is 7.76. The number of imidazole rings is 1. The Labute approximate surface area is 220 Å². The van der Waals surface area contributed by atoms with E-state index in [1.54, 1.807) is 43.2 Å². The third kappa shape index (κ3) is 4.37. The molecular formula is C27H32N8O3. The van der Waals surface area contributed by atoms with Gasteiger partial charge < -0.3 is 25.0 Å². The fraction of sp³-hybridized carbons (Fsp3) is 0.407. The maximum Gasteiger partial charge on any atom is 0.261 e. The lowest BCUT2D eigenvalue weighted by Gasteiger charge is -2.37. The highest BCUT2D eigenvalue weighted by molar-refractivity contribution is 6.09. The number of anilines is 2. The number of hydrogen-bond acceptors (Lipinski definition) is 8. The van der Waals surface area contributed by atoms with Gasteiger partial charge in [0.25, 0.3) is 5.91 Å². The van der Waals surface area contributed by atoms with E-state index in [1.807, 2.05) is 25.3 Å². The Morgan fingerprint density at radius 3 is 2.79 bits per heavy atom. The van der Waals surface area contributed by atoms with E-state index in [1.165, 1.54) is 6.20 Å². The number of amides is 1. The minimum atomic E-state index is -1.05. The number of H-pyrrole nitrogens is 1. The van der Waals surface area contributed by atoms with Crippen molar-refractivity contribution in [2.45, 2.75) is 44.9 Å². The molecule has 5 heterocycles. The predicted octanol–water partition coefficient (Wildman–Crippen LogP) is 2.49.